The third-order valence-corrected chi connectivity index (χ3v) is 6.12. The van der Waals surface area contributed by atoms with E-state index in [-0.39, 0.29) is 0 Å². The summed E-state index contributed by atoms with van der Waals surface area (Å²) in [7, 11) is 0. The van der Waals surface area contributed by atoms with Crippen LogP contribution in [0.2, 0.25) is 0 Å². The molecule has 0 spiro atoms. The van der Waals surface area contributed by atoms with Crippen molar-refractivity contribution in [3.05, 3.63) is 46.0 Å². The molecule has 3 aliphatic rings. The molecule has 0 bridgehead atoms. The molecule has 2 N–H and O–H groups in total. The molecule has 1 fully saturated rings. The lowest BCUT2D eigenvalue weighted by Crippen LogP contribution is -2.10. The van der Waals surface area contributed by atoms with E-state index in [0.717, 1.165) is 23.9 Å². The molecular weight excluding hydrogens is 266 g/mol. The normalized spacial score (nSPS) is 27.0. The summed E-state index contributed by atoms with van der Waals surface area (Å²) in [6.07, 6.45) is 15.7. The minimum absolute atomic E-state index is 0.880. The molecule has 1 aromatic rings. The number of rotatable bonds is 2. The number of nitrogens with two attached hydrogens (primary N) is 1. The first-order valence-corrected chi connectivity index (χ1v) is 8.98. The molecule has 4 rings (SSSR count). The van der Waals surface area contributed by atoms with Crippen LogP contribution in [0, 0.1) is 18.8 Å². The van der Waals surface area contributed by atoms with Crippen LogP contribution in [0.5, 0.6) is 0 Å². The Labute approximate surface area is 134 Å². The van der Waals surface area contributed by atoms with Crippen molar-refractivity contribution in [1.29, 1.82) is 0 Å². The molecule has 0 amide bonds. The lowest BCUT2D eigenvalue weighted by atomic mass is 9.84. The fourth-order valence-electron chi connectivity index (χ4n) is 4.95. The lowest BCUT2D eigenvalue weighted by molar-refractivity contribution is 0.408. The van der Waals surface area contributed by atoms with Crippen LogP contribution in [-0.4, -0.2) is 0 Å². The molecule has 1 nitrogen and oxygen atoms in total. The maximum Gasteiger partial charge on any atom is 0.0356 e. The van der Waals surface area contributed by atoms with E-state index in [2.05, 4.69) is 31.2 Å². The summed E-state index contributed by atoms with van der Waals surface area (Å²) >= 11 is 0. The highest BCUT2D eigenvalue weighted by atomic mass is 14.6. The highest BCUT2D eigenvalue weighted by molar-refractivity contribution is 5.73. The molecule has 1 saturated carbocycles. The molecule has 0 aromatic heterocycles. The van der Waals surface area contributed by atoms with E-state index in [4.69, 9.17) is 5.73 Å². The predicted octanol–water partition coefficient (Wildman–Crippen LogP) is 5.43. The van der Waals surface area contributed by atoms with Gasteiger partial charge < -0.3 is 5.73 Å². The van der Waals surface area contributed by atoms with Gasteiger partial charge in [-0.3, -0.25) is 0 Å². The van der Waals surface area contributed by atoms with Crippen LogP contribution >= 0.6 is 0 Å². The third kappa shape index (κ3) is 2.41. The third-order valence-electron chi connectivity index (χ3n) is 6.12. The van der Waals surface area contributed by atoms with Crippen molar-refractivity contribution in [2.45, 2.75) is 58.3 Å². The lowest BCUT2D eigenvalue weighted by Gasteiger charge is -2.21. The zero-order valence-electron chi connectivity index (χ0n) is 13.7. The molecule has 0 heterocycles. The number of aryl methyl sites for hydroxylation is 1. The summed E-state index contributed by atoms with van der Waals surface area (Å²) < 4.78 is 0. The summed E-state index contributed by atoms with van der Waals surface area (Å²) in [4.78, 5) is 0. The maximum absolute atomic E-state index is 6.20. The van der Waals surface area contributed by atoms with Gasteiger partial charge in [0.25, 0.3) is 0 Å². The van der Waals surface area contributed by atoms with Crippen LogP contribution < -0.4 is 5.73 Å². The van der Waals surface area contributed by atoms with Gasteiger partial charge in [0.2, 0.25) is 0 Å². The number of hydrogen-bond acceptors (Lipinski definition) is 1. The summed E-state index contributed by atoms with van der Waals surface area (Å²) in [5, 5.41) is 0. The van der Waals surface area contributed by atoms with E-state index in [1.165, 1.54) is 61.6 Å². The van der Waals surface area contributed by atoms with E-state index in [1.54, 1.807) is 11.1 Å². The summed E-state index contributed by atoms with van der Waals surface area (Å²) in [5.74, 6) is 1.86. The number of benzene rings is 1. The van der Waals surface area contributed by atoms with Gasteiger partial charge in [-0.25, -0.2) is 0 Å². The van der Waals surface area contributed by atoms with Crippen molar-refractivity contribution < 1.29 is 0 Å². The first-order valence-electron chi connectivity index (χ1n) is 8.98. The molecule has 0 radical (unpaired) electrons. The Balaban J connectivity index is 1.57. The topological polar surface area (TPSA) is 26.0 Å². The fraction of sp³-hybridized carbons (Fsp3) is 0.524. The molecular formula is C21H27N. The van der Waals surface area contributed by atoms with Gasteiger partial charge in [-0.15, -0.1) is 0 Å². The van der Waals surface area contributed by atoms with Gasteiger partial charge in [0.1, 0.15) is 0 Å². The Morgan fingerprint density at radius 2 is 2.00 bits per heavy atom. The molecule has 1 heteroatoms. The van der Waals surface area contributed by atoms with E-state index < -0.39 is 0 Å². The van der Waals surface area contributed by atoms with Crippen LogP contribution in [0.3, 0.4) is 0 Å². The highest BCUT2D eigenvalue weighted by Gasteiger charge is 2.31. The smallest absolute Gasteiger partial charge is 0.0356 e. The Kier molecular flexibility index (Phi) is 3.60. The van der Waals surface area contributed by atoms with Crippen molar-refractivity contribution >= 4 is 11.8 Å². The zero-order valence-corrected chi connectivity index (χ0v) is 13.7. The van der Waals surface area contributed by atoms with Crippen LogP contribution in [0.4, 0.5) is 5.69 Å². The predicted molar refractivity (Wildman–Crippen MR) is 94.7 cm³/mol. The molecule has 2 atom stereocenters. The van der Waals surface area contributed by atoms with Crippen molar-refractivity contribution in [1.82, 2.24) is 0 Å². The Morgan fingerprint density at radius 1 is 1.14 bits per heavy atom. The van der Waals surface area contributed by atoms with Crippen molar-refractivity contribution in [2.24, 2.45) is 11.8 Å². The second-order valence-corrected chi connectivity index (χ2v) is 7.53. The van der Waals surface area contributed by atoms with E-state index in [9.17, 15) is 0 Å². The molecule has 1 aromatic carbocycles. The number of allylic oxidation sites excluding steroid dienone is 3. The second kappa shape index (κ2) is 5.61. The first-order chi connectivity index (χ1) is 10.7. The molecule has 0 aliphatic heterocycles. The van der Waals surface area contributed by atoms with Crippen LogP contribution in [0.1, 0.15) is 61.6 Å². The van der Waals surface area contributed by atoms with E-state index in [1.807, 2.05) is 0 Å². The summed E-state index contributed by atoms with van der Waals surface area (Å²) in [5.41, 5.74) is 14.6. The molecule has 0 saturated heterocycles. The van der Waals surface area contributed by atoms with E-state index >= 15 is 0 Å². The Bertz CT molecular complexity index is 650. The quantitative estimate of drug-likeness (QED) is 0.571. The van der Waals surface area contributed by atoms with E-state index in [0.29, 0.717) is 0 Å². The van der Waals surface area contributed by atoms with Gasteiger partial charge in [-0.05, 0) is 86.5 Å². The van der Waals surface area contributed by atoms with Gasteiger partial charge in [0.05, 0.1) is 0 Å². The standard InChI is InChI=1S/C21H27N/c1-14-9-10-21(22)20-13-15(12-19(14)20)11-17-6-3-2-5-16-7-4-8-18(16)17/h6,9-10,12,16,18H,2-5,7-8,11,13,22H2,1H3. The maximum atomic E-state index is 6.20. The monoisotopic (exact) mass is 293 g/mol. The minimum atomic E-state index is 0.880. The second-order valence-electron chi connectivity index (χ2n) is 7.53. The SMILES string of the molecule is Cc1ccc(N)c2c1C=C(CC1=CCCCC3CCCC13)C2. The summed E-state index contributed by atoms with van der Waals surface area (Å²) in [6, 6.07) is 4.23. The van der Waals surface area contributed by atoms with Crippen LogP contribution in [-0.2, 0) is 6.42 Å². The molecule has 3 aliphatic carbocycles. The number of anilines is 1. The van der Waals surface area contributed by atoms with Gasteiger partial charge in [-0.1, -0.05) is 35.8 Å². The average molecular weight is 293 g/mol. The van der Waals surface area contributed by atoms with Crippen LogP contribution in [0.25, 0.3) is 6.08 Å². The largest absolute Gasteiger partial charge is 0.398 e. The van der Waals surface area contributed by atoms with Crippen molar-refractivity contribution in [2.75, 3.05) is 5.73 Å². The van der Waals surface area contributed by atoms with Gasteiger partial charge >= 0.3 is 0 Å². The molecule has 22 heavy (non-hydrogen) atoms. The van der Waals surface area contributed by atoms with Gasteiger partial charge in [0.15, 0.2) is 0 Å². The number of hydrogen-bond donors (Lipinski definition) is 1. The molecule has 2 unspecified atom stereocenters. The molecule has 116 valence electrons. The minimum Gasteiger partial charge on any atom is -0.398 e. The van der Waals surface area contributed by atoms with Crippen LogP contribution in [0.15, 0.2) is 29.4 Å². The summed E-state index contributed by atoms with van der Waals surface area (Å²) in [6.45, 7) is 2.20. The zero-order chi connectivity index (χ0) is 15.1. The Morgan fingerprint density at radius 3 is 2.86 bits per heavy atom. The number of nitrogen functional groups attached to an aromatic ring is 1. The van der Waals surface area contributed by atoms with Crippen molar-refractivity contribution in [3.63, 3.8) is 0 Å². The Hall–Kier alpha value is -1.50. The number of fused-ring (bicyclic) bond motifs is 2. The van der Waals surface area contributed by atoms with Gasteiger partial charge in [-0.2, -0.15) is 0 Å². The fourth-order valence-corrected chi connectivity index (χ4v) is 4.95. The average Bonchev–Trinajstić information content (AvgIpc) is 3.10. The highest BCUT2D eigenvalue weighted by Crippen LogP contribution is 2.45. The van der Waals surface area contributed by atoms with Gasteiger partial charge in [0, 0.05) is 5.69 Å². The van der Waals surface area contributed by atoms with Crippen molar-refractivity contribution in [3.8, 4) is 0 Å². The first kappa shape index (κ1) is 14.1.